The summed E-state index contributed by atoms with van der Waals surface area (Å²) in [5.74, 6) is 0.345. The Balaban J connectivity index is 2.47. The Hall–Kier alpha value is -0.0800. The lowest BCUT2D eigenvalue weighted by Crippen LogP contribution is -2.47. The van der Waals surface area contributed by atoms with Crippen LogP contribution in [0.25, 0.3) is 0 Å². The largest absolute Gasteiger partial charge is 0.387 e. The summed E-state index contributed by atoms with van der Waals surface area (Å²) in [5, 5.41) is 10.5. The third-order valence-electron chi connectivity index (χ3n) is 3.71. The van der Waals surface area contributed by atoms with E-state index < -0.39 is 5.60 Å². The van der Waals surface area contributed by atoms with Crippen LogP contribution >= 0.6 is 0 Å². The minimum absolute atomic E-state index is 0.345. The molecule has 0 bridgehead atoms. The summed E-state index contributed by atoms with van der Waals surface area (Å²) in [6.45, 7) is 10.1. The number of aliphatic hydroxyl groups is 1. The Labute approximate surface area is 94.0 Å². The molecule has 15 heavy (non-hydrogen) atoms. The Morgan fingerprint density at radius 1 is 1.33 bits per heavy atom. The molecule has 0 aromatic rings. The first-order chi connectivity index (χ1) is 6.90. The van der Waals surface area contributed by atoms with Gasteiger partial charge in [0, 0.05) is 6.61 Å². The van der Waals surface area contributed by atoms with Gasteiger partial charge in [-0.25, -0.2) is 0 Å². The smallest absolute Gasteiger partial charge is 0.0905 e. The highest BCUT2D eigenvalue weighted by Gasteiger charge is 2.42. The second-order valence-corrected chi connectivity index (χ2v) is 5.93. The van der Waals surface area contributed by atoms with Gasteiger partial charge in [0.15, 0.2) is 0 Å². The molecule has 1 rings (SSSR count). The van der Waals surface area contributed by atoms with E-state index in [1.165, 1.54) is 0 Å². The molecule has 90 valence electrons. The Morgan fingerprint density at radius 2 is 2.00 bits per heavy atom. The van der Waals surface area contributed by atoms with Crippen LogP contribution in [0.15, 0.2) is 0 Å². The molecular weight excluding hydrogens is 188 g/mol. The molecule has 1 aliphatic carbocycles. The molecule has 1 aliphatic rings. The van der Waals surface area contributed by atoms with E-state index in [0.29, 0.717) is 17.9 Å². The van der Waals surface area contributed by atoms with Gasteiger partial charge in [-0.05, 0) is 37.0 Å². The Kier molecular flexibility index (Phi) is 4.19. The molecule has 2 nitrogen and oxygen atoms in total. The molecule has 2 heteroatoms. The lowest BCUT2D eigenvalue weighted by Gasteiger charge is -2.45. The fraction of sp³-hybridized carbons (Fsp3) is 1.00. The minimum atomic E-state index is -0.579. The molecule has 0 spiro atoms. The van der Waals surface area contributed by atoms with Crippen LogP contribution in [0.5, 0.6) is 0 Å². The van der Waals surface area contributed by atoms with Gasteiger partial charge in [0.25, 0.3) is 0 Å². The molecule has 0 amide bonds. The van der Waals surface area contributed by atoms with Gasteiger partial charge in [0.05, 0.1) is 12.2 Å². The lowest BCUT2D eigenvalue weighted by atomic mass is 9.66. The van der Waals surface area contributed by atoms with Gasteiger partial charge in [0.2, 0.25) is 0 Å². The second-order valence-electron chi connectivity index (χ2n) is 5.93. The van der Waals surface area contributed by atoms with Crippen LogP contribution in [-0.2, 0) is 4.74 Å². The van der Waals surface area contributed by atoms with Crippen LogP contribution in [0, 0.1) is 11.3 Å². The summed E-state index contributed by atoms with van der Waals surface area (Å²) in [5.41, 5.74) is -0.193. The highest BCUT2D eigenvalue weighted by Crippen LogP contribution is 2.43. The first-order valence-electron chi connectivity index (χ1n) is 6.20. The Bertz CT molecular complexity index is 201. The molecule has 0 aromatic carbocycles. The van der Waals surface area contributed by atoms with Gasteiger partial charge in [-0.1, -0.05) is 27.7 Å². The first kappa shape index (κ1) is 13.0. The summed E-state index contributed by atoms with van der Waals surface area (Å²) < 4.78 is 5.51. The zero-order chi connectivity index (χ0) is 11.5. The van der Waals surface area contributed by atoms with Crippen molar-refractivity contribution in [3.63, 3.8) is 0 Å². The topological polar surface area (TPSA) is 29.5 Å². The van der Waals surface area contributed by atoms with Crippen molar-refractivity contribution in [2.24, 2.45) is 11.3 Å². The molecule has 1 saturated carbocycles. The molecule has 0 aliphatic heterocycles. The average Bonchev–Trinajstić information content (AvgIpc) is 2.13. The highest BCUT2D eigenvalue weighted by atomic mass is 16.5. The fourth-order valence-electron chi connectivity index (χ4n) is 2.53. The molecule has 2 atom stereocenters. The predicted octanol–water partition coefficient (Wildman–Crippen LogP) is 2.99. The zero-order valence-electron chi connectivity index (χ0n) is 10.7. The van der Waals surface area contributed by atoms with Crippen molar-refractivity contribution in [2.45, 2.75) is 59.0 Å². The molecule has 1 fully saturated rings. The highest BCUT2D eigenvalue weighted by molar-refractivity contribution is 4.93. The van der Waals surface area contributed by atoms with E-state index in [1.54, 1.807) is 0 Å². The number of hydrogen-bond donors (Lipinski definition) is 1. The first-order valence-corrected chi connectivity index (χ1v) is 6.20. The van der Waals surface area contributed by atoms with E-state index in [1.807, 2.05) is 0 Å². The summed E-state index contributed by atoms with van der Waals surface area (Å²) in [6, 6.07) is 0. The van der Waals surface area contributed by atoms with E-state index in [9.17, 15) is 5.11 Å². The van der Waals surface area contributed by atoms with Gasteiger partial charge < -0.3 is 9.84 Å². The molecule has 1 N–H and O–H groups in total. The lowest BCUT2D eigenvalue weighted by molar-refractivity contribution is -0.119. The fourth-order valence-corrected chi connectivity index (χ4v) is 2.53. The Morgan fingerprint density at radius 3 is 2.53 bits per heavy atom. The third kappa shape index (κ3) is 3.46. The summed E-state index contributed by atoms with van der Waals surface area (Å²) in [7, 11) is 0. The van der Waals surface area contributed by atoms with Crippen LogP contribution < -0.4 is 0 Å². The molecular formula is C13H26O2. The normalized spacial score (nSPS) is 35.4. The van der Waals surface area contributed by atoms with Crippen molar-refractivity contribution in [3.8, 4) is 0 Å². The van der Waals surface area contributed by atoms with E-state index in [0.717, 1.165) is 32.3 Å². The average molecular weight is 214 g/mol. The zero-order valence-corrected chi connectivity index (χ0v) is 10.7. The van der Waals surface area contributed by atoms with E-state index in [-0.39, 0.29) is 0 Å². The quantitative estimate of drug-likeness (QED) is 0.729. The maximum atomic E-state index is 10.5. The summed E-state index contributed by atoms with van der Waals surface area (Å²) in [4.78, 5) is 0. The van der Waals surface area contributed by atoms with E-state index in [4.69, 9.17) is 4.74 Å². The molecule has 0 aromatic heterocycles. The van der Waals surface area contributed by atoms with Crippen LogP contribution in [-0.4, -0.2) is 23.9 Å². The van der Waals surface area contributed by atoms with Crippen LogP contribution in [0.3, 0.4) is 0 Å². The van der Waals surface area contributed by atoms with Gasteiger partial charge >= 0.3 is 0 Å². The number of rotatable bonds is 4. The third-order valence-corrected chi connectivity index (χ3v) is 3.71. The van der Waals surface area contributed by atoms with E-state index >= 15 is 0 Å². The van der Waals surface area contributed by atoms with Gasteiger partial charge in [-0.2, -0.15) is 0 Å². The van der Waals surface area contributed by atoms with Crippen molar-refractivity contribution in [3.05, 3.63) is 0 Å². The monoisotopic (exact) mass is 214 g/mol. The SMILES string of the molecule is CCCOCC1(O)CCC(C)(C)CC1C. The predicted molar refractivity (Wildman–Crippen MR) is 62.9 cm³/mol. The van der Waals surface area contributed by atoms with Crippen molar-refractivity contribution in [1.29, 1.82) is 0 Å². The van der Waals surface area contributed by atoms with Crippen LogP contribution in [0.2, 0.25) is 0 Å². The maximum Gasteiger partial charge on any atom is 0.0905 e. The van der Waals surface area contributed by atoms with Crippen molar-refractivity contribution >= 4 is 0 Å². The van der Waals surface area contributed by atoms with E-state index in [2.05, 4.69) is 27.7 Å². The second kappa shape index (κ2) is 4.84. The number of hydrogen-bond acceptors (Lipinski definition) is 2. The molecule has 0 radical (unpaired) electrons. The van der Waals surface area contributed by atoms with Crippen LogP contribution in [0.1, 0.15) is 53.4 Å². The van der Waals surface area contributed by atoms with Gasteiger partial charge in [-0.3, -0.25) is 0 Å². The standard InChI is InChI=1S/C13H26O2/c1-5-8-15-10-13(14)7-6-12(3,4)9-11(13)2/h11,14H,5-10H2,1-4H3. The maximum absolute atomic E-state index is 10.5. The molecule has 0 heterocycles. The van der Waals surface area contributed by atoms with Gasteiger partial charge in [0.1, 0.15) is 0 Å². The van der Waals surface area contributed by atoms with Gasteiger partial charge in [-0.15, -0.1) is 0 Å². The molecule has 0 saturated heterocycles. The molecule has 2 unspecified atom stereocenters. The van der Waals surface area contributed by atoms with Crippen molar-refractivity contribution < 1.29 is 9.84 Å². The number of ether oxygens (including phenoxy) is 1. The summed E-state index contributed by atoms with van der Waals surface area (Å²) >= 11 is 0. The van der Waals surface area contributed by atoms with Crippen LogP contribution in [0.4, 0.5) is 0 Å². The summed E-state index contributed by atoms with van der Waals surface area (Å²) in [6.07, 6.45) is 4.10. The van der Waals surface area contributed by atoms with Crippen molar-refractivity contribution in [1.82, 2.24) is 0 Å². The minimum Gasteiger partial charge on any atom is -0.387 e. The van der Waals surface area contributed by atoms with Crippen molar-refractivity contribution in [2.75, 3.05) is 13.2 Å².